The molecule has 2 aliphatic carbocycles. The summed E-state index contributed by atoms with van der Waals surface area (Å²) in [6.07, 6.45) is 5.90. The maximum atomic E-state index is 12.1. The summed E-state index contributed by atoms with van der Waals surface area (Å²) in [5, 5.41) is 9.96. The number of carboxylic acids is 1. The van der Waals surface area contributed by atoms with Gasteiger partial charge >= 0.3 is 5.97 Å². The van der Waals surface area contributed by atoms with Crippen LogP contribution in [0.15, 0.2) is 36.5 Å². The number of anilines is 1. The van der Waals surface area contributed by atoms with Crippen LogP contribution >= 0.6 is 0 Å². The zero-order valence-corrected chi connectivity index (χ0v) is 18.6. The van der Waals surface area contributed by atoms with Crippen LogP contribution in [-0.4, -0.2) is 52.9 Å². The van der Waals surface area contributed by atoms with Crippen molar-refractivity contribution >= 4 is 11.7 Å². The van der Waals surface area contributed by atoms with E-state index in [-0.39, 0.29) is 5.54 Å². The lowest BCUT2D eigenvalue weighted by atomic mass is 9.88. The lowest BCUT2D eigenvalue weighted by molar-refractivity contribution is 0.0694. The number of fused-ring (bicyclic) bond motifs is 3. The number of aromatic carboxylic acids is 1. The van der Waals surface area contributed by atoms with Crippen molar-refractivity contribution in [3.8, 4) is 22.5 Å². The standard InChI is InChI=1S/C26H28N4O3/c27-26(7-8-26)14-22-23(25(31)32)19-6-3-17-15-28-21(13-20(17)24(19)29-22)16-1-4-18(5-2-16)30-9-11-33-12-10-30/h1-2,4-5,13,15,29H,3,6-12,14,27H2,(H,31,32). The van der Waals surface area contributed by atoms with Crippen molar-refractivity contribution < 1.29 is 14.6 Å². The average Bonchev–Trinajstić information content (AvgIpc) is 3.44. The van der Waals surface area contributed by atoms with Crippen LogP contribution in [0, 0.1) is 0 Å². The van der Waals surface area contributed by atoms with Gasteiger partial charge in [0.05, 0.1) is 30.2 Å². The van der Waals surface area contributed by atoms with Gasteiger partial charge in [-0.1, -0.05) is 12.1 Å². The molecule has 6 rings (SSSR count). The summed E-state index contributed by atoms with van der Waals surface area (Å²) in [6, 6.07) is 10.6. The number of carboxylic acid groups (broad SMARTS) is 1. The Morgan fingerprint density at radius 1 is 1.18 bits per heavy atom. The number of hydrogen-bond acceptors (Lipinski definition) is 5. The van der Waals surface area contributed by atoms with Crippen molar-refractivity contribution in [2.24, 2.45) is 5.73 Å². The third-order valence-electron chi connectivity index (χ3n) is 7.26. The molecule has 7 nitrogen and oxygen atoms in total. The Morgan fingerprint density at radius 3 is 2.64 bits per heavy atom. The lowest BCUT2D eigenvalue weighted by Gasteiger charge is -2.28. The van der Waals surface area contributed by atoms with Gasteiger partial charge in [-0.3, -0.25) is 4.98 Å². The highest BCUT2D eigenvalue weighted by Crippen LogP contribution is 2.41. The molecule has 0 radical (unpaired) electrons. The second kappa shape index (κ2) is 7.71. The molecular weight excluding hydrogens is 416 g/mol. The van der Waals surface area contributed by atoms with E-state index in [4.69, 9.17) is 15.5 Å². The Morgan fingerprint density at radius 2 is 1.94 bits per heavy atom. The SMILES string of the molecule is NC1(Cc2[nH]c3c(c2C(=O)O)CCc2cnc(-c4ccc(N5CCOCC5)cc4)cc2-3)CC1. The quantitative estimate of drug-likeness (QED) is 0.557. The summed E-state index contributed by atoms with van der Waals surface area (Å²) in [7, 11) is 0. The van der Waals surface area contributed by atoms with Crippen molar-refractivity contribution in [2.75, 3.05) is 31.2 Å². The zero-order valence-electron chi connectivity index (χ0n) is 18.6. The van der Waals surface area contributed by atoms with Gasteiger partial charge in [-0.05, 0) is 55.0 Å². The molecule has 2 fully saturated rings. The first-order valence-corrected chi connectivity index (χ1v) is 11.7. The van der Waals surface area contributed by atoms with E-state index >= 15 is 0 Å². The van der Waals surface area contributed by atoms with Gasteiger partial charge < -0.3 is 25.5 Å². The van der Waals surface area contributed by atoms with Crippen LogP contribution in [0.1, 0.15) is 40.0 Å². The van der Waals surface area contributed by atoms with Gasteiger partial charge in [0.15, 0.2) is 0 Å². The molecule has 2 aromatic heterocycles. The molecule has 33 heavy (non-hydrogen) atoms. The molecule has 3 aromatic rings. The van der Waals surface area contributed by atoms with Gasteiger partial charge in [-0.25, -0.2) is 4.79 Å². The Labute approximate surface area is 192 Å². The van der Waals surface area contributed by atoms with Crippen LogP contribution < -0.4 is 10.6 Å². The first-order chi connectivity index (χ1) is 16.0. The van der Waals surface area contributed by atoms with Gasteiger partial charge in [0.2, 0.25) is 0 Å². The molecule has 4 N–H and O–H groups in total. The number of ether oxygens (including phenoxy) is 1. The van der Waals surface area contributed by atoms with E-state index in [2.05, 4.69) is 40.2 Å². The van der Waals surface area contributed by atoms with Crippen LogP contribution in [0.25, 0.3) is 22.5 Å². The molecule has 3 heterocycles. The number of aromatic amines is 1. The minimum absolute atomic E-state index is 0.258. The average molecular weight is 445 g/mol. The minimum Gasteiger partial charge on any atom is -0.478 e. The summed E-state index contributed by atoms with van der Waals surface area (Å²) >= 11 is 0. The molecule has 7 heteroatoms. The normalized spacial score (nSPS) is 18.5. The van der Waals surface area contributed by atoms with Crippen molar-refractivity contribution in [3.05, 3.63) is 58.9 Å². The van der Waals surface area contributed by atoms with E-state index in [0.717, 1.165) is 84.9 Å². The largest absolute Gasteiger partial charge is 0.478 e. The van der Waals surface area contributed by atoms with Crippen molar-refractivity contribution in [1.29, 1.82) is 0 Å². The van der Waals surface area contributed by atoms with E-state index < -0.39 is 5.97 Å². The number of benzene rings is 1. The fourth-order valence-corrected chi connectivity index (χ4v) is 5.15. The van der Waals surface area contributed by atoms with Gasteiger partial charge in [0, 0.05) is 53.8 Å². The number of hydrogen-bond donors (Lipinski definition) is 3. The Balaban J connectivity index is 1.35. The molecule has 0 amide bonds. The summed E-state index contributed by atoms with van der Waals surface area (Å²) in [4.78, 5) is 22.7. The number of aryl methyl sites for hydroxylation is 1. The van der Waals surface area contributed by atoms with E-state index in [0.29, 0.717) is 18.4 Å². The number of nitrogens with zero attached hydrogens (tertiary/aromatic N) is 2. The highest BCUT2D eigenvalue weighted by atomic mass is 16.5. The molecule has 1 saturated heterocycles. The van der Waals surface area contributed by atoms with E-state index in [9.17, 15) is 9.90 Å². The third-order valence-corrected chi connectivity index (χ3v) is 7.26. The molecule has 0 bridgehead atoms. The fourth-order valence-electron chi connectivity index (χ4n) is 5.15. The highest BCUT2D eigenvalue weighted by Gasteiger charge is 2.40. The molecular formula is C26H28N4O3. The van der Waals surface area contributed by atoms with Gasteiger partial charge in [-0.15, -0.1) is 0 Å². The minimum atomic E-state index is -0.872. The maximum Gasteiger partial charge on any atom is 0.337 e. The van der Waals surface area contributed by atoms with Crippen LogP contribution in [0.3, 0.4) is 0 Å². The first-order valence-electron chi connectivity index (χ1n) is 11.7. The Hall–Kier alpha value is -3.16. The van der Waals surface area contributed by atoms with Gasteiger partial charge in [0.1, 0.15) is 0 Å². The molecule has 1 saturated carbocycles. The number of rotatable bonds is 5. The third kappa shape index (κ3) is 3.71. The maximum absolute atomic E-state index is 12.1. The van der Waals surface area contributed by atoms with Crippen LogP contribution in [0.2, 0.25) is 0 Å². The van der Waals surface area contributed by atoms with Crippen molar-refractivity contribution in [3.63, 3.8) is 0 Å². The molecule has 1 aliphatic heterocycles. The zero-order chi connectivity index (χ0) is 22.6. The monoisotopic (exact) mass is 444 g/mol. The summed E-state index contributed by atoms with van der Waals surface area (Å²) in [6.45, 7) is 3.34. The topological polar surface area (TPSA) is 104 Å². The van der Waals surface area contributed by atoms with E-state index in [1.165, 1.54) is 5.69 Å². The number of H-pyrrole nitrogens is 1. The predicted octanol–water partition coefficient (Wildman–Crippen LogP) is 3.41. The van der Waals surface area contributed by atoms with Crippen LogP contribution in [0.5, 0.6) is 0 Å². The second-order valence-electron chi connectivity index (χ2n) is 9.55. The van der Waals surface area contributed by atoms with Crippen molar-refractivity contribution in [2.45, 2.75) is 37.6 Å². The fraction of sp³-hybridized carbons (Fsp3) is 0.385. The first kappa shape index (κ1) is 20.4. The van der Waals surface area contributed by atoms with E-state index in [1.807, 2.05) is 6.20 Å². The van der Waals surface area contributed by atoms with Crippen molar-refractivity contribution in [1.82, 2.24) is 9.97 Å². The van der Waals surface area contributed by atoms with Gasteiger partial charge in [-0.2, -0.15) is 0 Å². The molecule has 3 aliphatic rings. The molecule has 0 atom stereocenters. The number of nitrogens with one attached hydrogen (secondary N) is 1. The van der Waals surface area contributed by atoms with Crippen LogP contribution in [0.4, 0.5) is 5.69 Å². The van der Waals surface area contributed by atoms with Gasteiger partial charge in [0.25, 0.3) is 0 Å². The smallest absolute Gasteiger partial charge is 0.337 e. The highest BCUT2D eigenvalue weighted by molar-refractivity contribution is 5.95. The van der Waals surface area contributed by atoms with Crippen LogP contribution in [-0.2, 0) is 24.0 Å². The summed E-state index contributed by atoms with van der Waals surface area (Å²) in [5.74, 6) is -0.872. The molecule has 170 valence electrons. The number of pyridine rings is 1. The predicted molar refractivity (Wildman–Crippen MR) is 127 cm³/mol. The molecule has 0 unspecified atom stereocenters. The Kier molecular flexibility index (Phi) is 4.78. The second-order valence-corrected chi connectivity index (χ2v) is 9.55. The summed E-state index contributed by atoms with van der Waals surface area (Å²) < 4.78 is 5.45. The number of morpholine rings is 1. The Bertz CT molecular complexity index is 1220. The lowest BCUT2D eigenvalue weighted by Crippen LogP contribution is -2.36. The number of carbonyl (C=O) groups is 1. The van der Waals surface area contributed by atoms with E-state index in [1.54, 1.807) is 0 Å². The molecule has 0 spiro atoms. The number of aromatic nitrogens is 2. The summed E-state index contributed by atoms with van der Waals surface area (Å²) in [5.41, 5.74) is 14.4. The number of nitrogens with two attached hydrogens (primary N) is 1. The molecule has 1 aromatic carbocycles.